The highest BCUT2D eigenvalue weighted by Crippen LogP contribution is 2.32. The third kappa shape index (κ3) is 3.31. The van der Waals surface area contributed by atoms with Gasteiger partial charge in [0.1, 0.15) is 0 Å². The zero-order chi connectivity index (χ0) is 13.8. The second-order valence-electron chi connectivity index (χ2n) is 6.01. The maximum atomic E-state index is 10.4. The van der Waals surface area contributed by atoms with Crippen LogP contribution in [0.3, 0.4) is 0 Å². The molecule has 2 nitrogen and oxygen atoms in total. The molecule has 2 heteroatoms. The molecule has 1 aliphatic carbocycles. The third-order valence-corrected chi connectivity index (χ3v) is 4.46. The van der Waals surface area contributed by atoms with Crippen molar-refractivity contribution < 1.29 is 9.84 Å². The molecule has 3 rings (SSSR count). The van der Waals surface area contributed by atoms with Crippen molar-refractivity contribution in [3.05, 3.63) is 47.0 Å². The number of aliphatic hydroxyl groups is 1. The lowest BCUT2D eigenvalue weighted by Gasteiger charge is -2.28. The fraction of sp³-hybridized carbons (Fsp3) is 0.556. The minimum atomic E-state index is -0.282. The van der Waals surface area contributed by atoms with Crippen LogP contribution in [0.25, 0.3) is 0 Å². The van der Waals surface area contributed by atoms with E-state index in [0.29, 0.717) is 6.42 Å². The normalized spacial score (nSPS) is 23.9. The SMILES string of the molecule is OC(CC1=CCCCC1)CC1OCCc2ccccc21. The first kappa shape index (κ1) is 13.8. The van der Waals surface area contributed by atoms with E-state index in [-0.39, 0.29) is 12.2 Å². The standard InChI is InChI=1S/C18H24O2/c19-16(12-14-6-2-1-3-7-14)13-18-17-9-5-4-8-15(17)10-11-20-18/h4-6,8-9,16,18-19H,1-3,7,10-13H2. The molecule has 20 heavy (non-hydrogen) atoms. The first-order valence-electron chi connectivity index (χ1n) is 7.88. The monoisotopic (exact) mass is 272 g/mol. The minimum absolute atomic E-state index is 0.0686. The zero-order valence-corrected chi connectivity index (χ0v) is 12.1. The Morgan fingerprint density at radius 1 is 1.20 bits per heavy atom. The van der Waals surface area contributed by atoms with E-state index in [1.54, 1.807) is 0 Å². The molecule has 1 aromatic carbocycles. The molecule has 1 aliphatic heterocycles. The highest BCUT2D eigenvalue weighted by molar-refractivity contribution is 5.31. The summed E-state index contributed by atoms with van der Waals surface area (Å²) in [5.41, 5.74) is 4.09. The van der Waals surface area contributed by atoms with Crippen LogP contribution in [0, 0.1) is 0 Å². The van der Waals surface area contributed by atoms with Crippen LogP contribution >= 0.6 is 0 Å². The summed E-state index contributed by atoms with van der Waals surface area (Å²) in [6.07, 6.45) is 9.58. The Kier molecular flexibility index (Phi) is 4.54. The number of aliphatic hydroxyl groups excluding tert-OH is 1. The van der Waals surface area contributed by atoms with Crippen LogP contribution in [0.2, 0.25) is 0 Å². The smallest absolute Gasteiger partial charge is 0.0852 e. The van der Waals surface area contributed by atoms with Crippen LogP contribution in [0.4, 0.5) is 0 Å². The van der Waals surface area contributed by atoms with Gasteiger partial charge in [0.05, 0.1) is 18.8 Å². The van der Waals surface area contributed by atoms with Gasteiger partial charge in [0, 0.05) is 6.42 Å². The lowest BCUT2D eigenvalue weighted by molar-refractivity contribution is 0.00436. The molecule has 2 atom stereocenters. The van der Waals surface area contributed by atoms with Crippen molar-refractivity contribution in [3.63, 3.8) is 0 Å². The maximum Gasteiger partial charge on any atom is 0.0852 e. The molecule has 1 aromatic rings. The molecule has 0 radical (unpaired) electrons. The van der Waals surface area contributed by atoms with E-state index in [2.05, 4.69) is 30.3 Å². The summed E-state index contributed by atoms with van der Waals surface area (Å²) in [6, 6.07) is 8.48. The third-order valence-electron chi connectivity index (χ3n) is 4.46. The topological polar surface area (TPSA) is 29.5 Å². The molecule has 2 unspecified atom stereocenters. The first-order chi connectivity index (χ1) is 9.83. The summed E-state index contributed by atoms with van der Waals surface area (Å²) in [4.78, 5) is 0. The van der Waals surface area contributed by atoms with Crippen molar-refractivity contribution in [2.75, 3.05) is 6.61 Å². The molecule has 0 aromatic heterocycles. The number of ether oxygens (including phenoxy) is 1. The Morgan fingerprint density at radius 2 is 2.10 bits per heavy atom. The van der Waals surface area contributed by atoms with E-state index < -0.39 is 0 Å². The second-order valence-corrected chi connectivity index (χ2v) is 6.01. The molecule has 2 aliphatic rings. The summed E-state index contributed by atoms with van der Waals surface area (Å²) in [7, 11) is 0. The van der Waals surface area contributed by atoms with E-state index in [1.807, 2.05) is 0 Å². The van der Waals surface area contributed by atoms with E-state index in [9.17, 15) is 5.11 Å². The molecule has 0 saturated carbocycles. The number of benzene rings is 1. The van der Waals surface area contributed by atoms with Gasteiger partial charge < -0.3 is 9.84 Å². The van der Waals surface area contributed by atoms with Crippen LogP contribution in [-0.2, 0) is 11.2 Å². The fourth-order valence-electron chi connectivity index (χ4n) is 3.40. The van der Waals surface area contributed by atoms with Crippen LogP contribution in [0.1, 0.15) is 55.8 Å². The molecule has 108 valence electrons. The summed E-state index contributed by atoms with van der Waals surface area (Å²) in [6.45, 7) is 0.775. The van der Waals surface area contributed by atoms with Crippen LogP contribution in [-0.4, -0.2) is 17.8 Å². The maximum absolute atomic E-state index is 10.4. The van der Waals surface area contributed by atoms with Gasteiger partial charge in [-0.1, -0.05) is 35.9 Å². The summed E-state index contributed by atoms with van der Waals surface area (Å²) >= 11 is 0. The molecular formula is C18H24O2. The molecule has 0 fully saturated rings. The van der Waals surface area contributed by atoms with Crippen LogP contribution in [0.5, 0.6) is 0 Å². The van der Waals surface area contributed by atoms with Gasteiger partial charge in [0.2, 0.25) is 0 Å². The van der Waals surface area contributed by atoms with Gasteiger partial charge in [-0.2, -0.15) is 0 Å². The lowest BCUT2D eigenvalue weighted by Crippen LogP contribution is -2.21. The molecule has 1 heterocycles. The van der Waals surface area contributed by atoms with Crippen molar-refractivity contribution in [1.82, 2.24) is 0 Å². The number of rotatable bonds is 4. The van der Waals surface area contributed by atoms with Gasteiger partial charge in [-0.15, -0.1) is 0 Å². The number of hydrogen-bond donors (Lipinski definition) is 1. The summed E-state index contributed by atoms with van der Waals surface area (Å²) in [5, 5.41) is 10.4. The molecule has 0 saturated heterocycles. The van der Waals surface area contributed by atoms with Crippen molar-refractivity contribution in [1.29, 1.82) is 0 Å². The summed E-state index contributed by atoms with van der Waals surface area (Å²) < 4.78 is 5.88. The zero-order valence-electron chi connectivity index (χ0n) is 12.1. The molecular weight excluding hydrogens is 248 g/mol. The summed E-state index contributed by atoms with van der Waals surface area (Å²) in [5.74, 6) is 0. The first-order valence-corrected chi connectivity index (χ1v) is 7.88. The van der Waals surface area contributed by atoms with E-state index in [4.69, 9.17) is 4.74 Å². The Hall–Kier alpha value is -1.12. The van der Waals surface area contributed by atoms with Crippen molar-refractivity contribution >= 4 is 0 Å². The van der Waals surface area contributed by atoms with Gasteiger partial charge in [-0.05, 0) is 49.7 Å². The van der Waals surface area contributed by atoms with Gasteiger partial charge in [0.15, 0.2) is 0 Å². The van der Waals surface area contributed by atoms with Crippen molar-refractivity contribution in [3.8, 4) is 0 Å². The fourth-order valence-corrected chi connectivity index (χ4v) is 3.40. The van der Waals surface area contributed by atoms with Gasteiger partial charge in [-0.25, -0.2) is 0 Å². The molecule has 1 N–H and O–H groups in total. The average Bonchev–Trinajstić information content (AvgIpc) is 2.48. The Morgan fingerprint density at radius 3 is 2.95 bits per heavy atom. The van der Waals surface area contributed by atoms with Crippen LogP contribution < -0.4 is 0 Å². The predicted molar refractivity (Wildman–Crippen MR) is 80.6 cm³/mol. The Bertz CT molecular complexity index is 478. The van der Waals surface area contributed by atoms with Gasteiger partial charge in [-0.3, -0.25) is 0 Å². The van der Waals surface area contributed by atoms with Crippen molar-refractivity contribution in [2.24, 2.45) is 0 Å². The lowest BCUT2D eigenvalue weighted by atomic mass is 9.90. The van der Waals surface area contributed by atoms with E-state index in [0.717, 1.165) is 19.4 Å². The highest BCUT2D eigenvalue weighted by Gasteiger charge is 2.23. The van der Waals surface area contributed by atoms with Gasteiger partial charge >= 0.3 is 0 Å². The van der Waals surface area contributed by atoms with Crippen molar-refractivity contribution in [2.45, 2.75) is 57.2 Å². The molecule has 0 spiro atoms. The second kappa shape index (κ2) is 6.55. The predicted octanol–water partition coefficient (Wildman–Crippen LogP) is 3.94. The molecule has 0 amide bonds. The number of fused-ring (bicyclic) bond motifs is 1. The number of hydrogen-bond acceptors (Lipinski definition) is 2. The Labute approximate surface area is 121 Å². The molecule has 0 bridgehead atoms. The van der Waals surface area contributed by atoms with Crippen LogP contribution in [0.15, 0.2) is 35.9 Å². The minimum Gasteiger partial charge on any atom is -0.393 e. The highest BCUT2D eigenvalue weighted by atomic mass is 16.5. The van der Waals surface area contributed by atoms with E-state index >= 15 is 0 Å². The van der Waals surface area contributed by atoms with E-state index in [1.165, 1.54) is 42.4 Å². The number of allylic oxidation sites excluding steroid dienone is 1. The van der Waals surface area contributed by atoms with Gasteiger partial charge in [0.25, 0.3) is 0 Å². The largest absolute Gasteiger partial charge is 0.393 e. The average molecular weight is 272 g/mol. The Balaban J connectivity index is 1.62. The quantitative estimate of drug-likeness (QED) is 0.841.